The minimum Gasteiger partial charge on any atom is -0.508 e. The van der Waals surface area contributed by atoms with Crippen LogP contribution in [-0.2, 0) is 4.79 Å². The smallest absolute Gasteiger partial charge is 0.248 e. The number of aromatic hydroxyl groups is 1. The Labute approximate surface area is 131 Å². The predicted octanol–water partition coefficient (Wildman–Crippen LogP) is 3.82. The number of rotatable bonds is 4. The van der Waals surface area contributed by atoms with Crippen molar-refractivity contribution in [2.24, 2.45) is 0 Å². The minimum absolute atomic E-state index is 0.159. The summed E-state index contributed by atoms with van der Waals surface area (Å²) >= 11 is 3.39. The van der Waals surface area contributed by atoms with Gasteiger partial charge in [-0.25, -0.2) is 0 Å². The van der Waals surface area contributed by atoms with Crippen molar-refractivity contribution in [1.29, 1.82) is 0 Å². The number of nitrogens with one attached hydrogen (secondary N) is 1. The summed E-state index contributed by atoms with van der Waals surface area (Å²) in [5.74, 6) is 0.653. The molecule has 0 aliphatic heterocycles. The highest BCUT2D eigenvalue weighted by Crippen LogP contribution is 2.26. The molecule has 21 heavy (non-hydrogen) atoms. The van der Waals surface area contributed by atoms with E-state index in [0.29, 0.717) is 5.69 Å². The first kappa shape index (κ1) is 15.1. The monoisotopic (exact) mass is 347 g/mol. The predicted molar refractivity (Wildman–Crippen MR) is 86.5 cm³/mol. The number of anilines is 1. The highest BCUT2D eigenvalue weighted by atomic mass is 79.9. The molecule has 0 heterocycles. The molecule has 2 rings (SSSR count). The molecule has 0 bridgehead atoms. The van der Waals surface area contributed by atoms with E-state index in [9.17, 15) is 9.90 Å². The van der Waals surface area contributed by atoms with Crippen molar-refractivity contribution in [2.75, 3.05) is 12.4 Å². The molecule has 1 amide bonds. The molecule has 2 aromatic carbocycles. The van der Waals surface area contributed by atoms with Crippen LogP contribution in [0.25, 0.3) is 6.08 Å². The average Bonchev–Trinajstić information content (AvgIpc) is 2.48. The maximum atomic E-state index is 11.8. The van der Waals surface area contributed by atoms with E-state index in [1.54, 1.807) is 25.3 Å². The van der Waals surface area contributed by atoms with E-state index < -0.39 is 0 Å². The SMILES string of the molecule is COc1ccc(C=CC(=O)Nc2ccc(O)cc2)cc1Br. The van der Waals surface area contributed by atoms with Crippen LogP contribution < -0.4 is 10.1 Å². The summed E-state index contributed by atoms with van der Waals surface area (Å²) in [7, 11) is 1.60. The number of ether oxygens (including phenoxy) is 1. The fourth-order valence-electron chi connectivity index (χ4n) is 1.69. The number of benzene rings is 2. The fraction of sp³-hybridized carbons (Fsp3) is 0.0625. The first-order valence-electron chi connectivity index (χ1n) is 6.20. The number of phenols is 1. The van der Waals surface area contributed by atoms with Crippen molar-refractivity contribution in [3.63, 3.8) is 0 Å². The number of hydrogen-bond donors (Lipinski definition) is 2. The summed E-state index contributed by atoms with van der Waals surface area (Å²) in [4.78, 5) is 11.8. The Morgan fingerprint density at radius 2 is 1.95 bits per heavy atom. The van der Waals surface area contributed by atoms with Gasteiger partial charge in [0, 0.05) is 11.8 Å². The van der Waals surface area contributed by atoms with Gasteiger partial charge in [0.1, 0.15) is 11.5 Å². The van der Waals surface area contributed by atoms with Crippen LogP contribution in [-0.4, -0.2) is 18.1 Å². The Morgan fingerprint density at radius 1 is 1.24 bits per heavy atom. The Balaban J connectivity index is 2.01. The summed E-state index contributed by atoms with van der Waals surface area (Å²) in [6.07, 6.45) is 3.15. The van der Waals surface area contributed by atoms with Crippen molar-refractivity contribution in [3.8, 4) is 11.5 Å². The van der Waals surface area contributed by atoms with Crippen molar-refractivity contribution in [1.82, 2.24) is 0 Å². The minimum atomic E-state index is -0.243. The van der Waals surface area contributed by atoms with Crippen molar-refractivity contribution < 1.29 is 14.6 Å². The zero-order chi connectivity index (χ0) is 15.2. The van der Waals surface area contributed by atoms with Crippen molar-refractivity contribution >= 4 is 33.6 Å². The number of amides is 1. The third-order valence-electron chi connectivity index (χ3n) is 2.74. The lowest BCUT2D eigenvalue weighted by Crippen LogP contribution is -2.07. The summed E-state index contributed by atoms with van der Waals surface area (Å²) < 4.78 is 5.97. The van der Waals surface area contributed by atoms with E-state index in [-0.39, 0.29) is 11.7 Å². The number of carbonyl (C=O) groups excluding carboxylic acids is 1. The van der Waals surface area contributed by atoms with E-state index in [4.69, 9.17) is 4.74 Å². The lowest BCUT2D eigenvalue weighted by molar-refractivity contribution is -0.111. The number of methoxy groups -OCH3 is 1. The van der Waals surface area contributed by atoms with Crippen molar-refractivity contribution in [3.05, 3.63) is 58.6 Å². The van der Waals surface area contributed by atoms with Crippen molar-refractivity contribution in [2.45, 2.75) is 0 Å². The van der Waals surface area contributed by atoms with Gasteiger partial charge < -0.3 is 15.2 Å². The second-order valence-electron chi connectivity index (χ2n) is 4.26. The molecule has 108 valence electrons. The topological polar surface area (TPSA) is 58.6 Å². The first-order valence-corrected chi connectivity index (χ1v) is 6.99. The van der Waals surface area contributed by atoms with Crippen LogP contribution in [0.3, 0.4) is 0 Å². The van der Waals surface area contributed by atoms with Gasteiger partial charge in [-0.15, -0.1) is 0 Å². The largest absolute Gasteiger partial charge is 0.508 e. The molecule has 4 nitrogen and oxygen atoms in total. The van der Waals surface area contributed by atoms with Crippen LogP contribution >= 0.6 is 15.9 Å². The van der Waals surface area contributed by atoms with E-state index in [1.807, 2.05) is 18.2 Å². The molecule has 2 N–H and O–H groups in total. The van der Waals surface area contributed by atoms with Gasteiger partial charge in [0.15, 0.2) is 0 Å². The number of carbonyl (C=O) groups is 1. The zero-order valence-corrected chi connectivity index (χ0v) is 12.9. The second-order valence-corrected chi connectivity index (χ2v) is 5.12. The van der Waals surface area contributed by atoms with Gasteiger partial charge in [-0.2, -0.15) is 0 Å². The molecule has 0 saturated heterocycles. The zero-order valence-electron chi connectivity index (χ0n) is 11.3. The van der Waals surface area contributed by atoms with Gasteiger partial charge in [0.2, 0.25) is 5.91 Å². The molecule has 0 atom stereocenters. The molecule has 0 saturated carbocycles. The fourth-order valence-corrected chi connectivity index (χ4v) is 2.25. The van der Waals surface area contributed by atoms with Crippen LogP contribution in [0.15, 0.2) is 53.0 Å². The first-order chi connectivity index (χ1) is 10.1. The van der Waals surface area contributed by atoms with Gasteiger partial charge in [0.25, 0.3) is 0 Å². The van der Waals surface area contributed by atoms with Crippen LogP contribution in [0.5, 0.6) is 11.5 Å². The van der Waals surface area contributed by atoms with E-state index in [0.717, 1.165) is 15.8 Å². The molecule has 0 spiro atoms. The van der Waals surface area contributed by atoms with Gasteiger partial charge >= 0.3 is 0 Å². The van der Waals surface area contributed by atoms with Crippen LogP contribution in [0.1, 0.15) is 5.56 Å². The van der Waals surface area contributed by atoms with E-state index in [2.05, 4.69) is 21.2 Å². The molecular weight excluding hydrogens is 334 g/mol. The quantitative estimate of drug-likeness (QED) is 0.652. The van der Waals surface area contributed by atoms with E-state index >= 15 is 0 Å². The van der Waals surface area contributed by atoms with Gasteiger partial charge in [-0.3, -0.25) is 4.79 Å². The number of hydrogen-bond acceptors (Lipinski definition) is 3. The standard InChI is InChI=1S/C16H14BrNO3/c1-21-15-8-2-11(10-14(15)17)3-9-16(20)18-12-4-6-13(19)7-5-12/h2-10,19H,1H3,(H,18,20). The molecule has 0 radical (unpaired) electrons. The molecule has 5 heteroatoms. The van der Waals surface area contributed by atoms with Crippen LogP contribution in [0, 0.1) is 0 Å². The Kier molecular flexibility index (Phi) is 5.00. The summed E-state index contributed by atoms with van der Waals surface area (Å²) in [6, 6.07) is 11.8. The molecule has 0 aliphatic rings. The third-order valence-corrected chi connectivity index (χ3v) is 3.36. The van der Waals surface area contributed by atoms with Gasteiger partial charge in [-0.1, -0.05) is 6.07 Å². The maximum Gasteiger partial charge on any atom is 0.248 e. The Bertz CT molecular complexity index is 666. The van der Waals surface area contributed by atoms with Gasteiger partial charge in [-0.05, 0) is 64.0 Å². The molecule has 0 aromatic heterocycles. The van der Waals surface area contributed by atoms with E-state index in [1.165, 1.54) is 18.2 Å². The second kappa shape index (κ2) is 6.95. The number of phenolic OH excluding ortho intramolecular Hbond substituents is 1. The maximum absolute atomic E-state index is 11.8. The third kappa shape index (κ3) is 4.36. The average molecular weight is 348 g/mol. The molecular formula is C16H14BrNO3. The van der Waals surface area contributed by atoms with Gasteiger partial charge in [0.05, 0.1) is 11.6 Å². The van der Waals surface area contributed by atoms with Crippen LogP contribution in [0.4, 0.5) is 5.69 Å². The summed E-state index contributed by atoms with van der Waals surface area (Å²) in [5.41, 5.74) is 1.50. The molecule has 2 aromatic rings. The normalized spacial score (nSPS) is 10.6. The lowest BCUT2D eigenvalue weighted by atomic mass is 10.2. The highest BCUT2D eigenvalue weighted by molar-refractivity contribution is 9.10. The molecule has 0 unspecified atom stereocenters. The Hall–Kier alpha value is -2.27. The highest BCUT2D eigenvalue weighted by Gasteiger charge is 2.01. The summed E-state index contributed by atoms with van der Waals surface area (Å²) in [5, 5.41) is 11.9. The Morgan fingerprint density at radius 3 is 2.57 bits per heavy atom. The molecule has 0 fully saturated rings. The number of halogens is 1. The lowest BCUT2D eigenvalue weighted by Gasteiger charge is -2.04. The van der Waals surface area contributed by atoms with Crippen LogP contribution in [0.2, 0.25) is 0 Å². The molecule has 0 aliphatic carbocycles. The summed E-state index contributed by atoms with van der Waals surface area (Å²) in [6.45, 7) is 0.